The number of unbranched alkanes of at least 4 members (excludes halogenated alkanes) is 2. The molecule has 0 saturated heterocycles. The first kappa shape index (κ1) is 11.3. The van der Waals surface area contributed by atoms with Crippen LogP contribution < -0.4 is 5.73 Å². The highest BCUT2D eigenvalue weighted by molar-refractivity contribution is 5.20. The Balaban J connectivity index is 2.47. The minimum absolute atomic E-state index is 0.162. The summed E-state index contributed by atoms with van der Waals surface area (Å²) in [4.78, 5) is 0. The van der Waals surface area contributed by atoms with Crippen LogP contribution in [-0.4, -0.2) is 0 Å². The molecule has 0 aromatic carbocycles. The number of aryl methyl sites for hydroxylation is 1. The van der Waals surface area contributed by atoms with Crippen molar-refractivity contribution >= 4 is 0 Å². The normalized spacial score (nSPS) is 13.1. The zero-order chi connectivity index (χ0) is 10.4. The summed E-state index contributed by atoms with van der Waals surface area (Å²) in [5.41, 5.74) is 7.29. The first-order valence-corrected chi connectivity index (χ1v) is 5.61. The minimum Gasteiger partial charge on any atom is -0.469 e. The van der Waals surface area contributed by atoms with Gasteiger partial charge in [-0.2, -0.15) is 0 Å². The van der Waals surface area contributed by atoms with Gasteiger partial charge >= 0.3 is 0 Å². The molecule has 0 radical (unpaired) electrons. The van der Waals surface area contributed by atoms with Gasteiger partial charge in [0.05, 0.1) is 6.26 Å². The molecule has 1 aromatic rings. The lowest BCUT2D eigenvalue weighted by atomic mass is 10.0. The Morgan fingerprint density at radius 3 is 2.79 bits per heavy atom. The zero-order valence-corrected chi connectivity index (χ0v) is 9.25. The largest absolute Gasteiger partial charge is 0.469 e. The molecule has 2 heteroatoms. The molecular formula is C12H21NO. The fourth-order valence-electron chi connectivity index (χ4n) is 1.74. The van der Waals surface area contributed by atoms with E-state index in [1.807, 2.05) is 6.07 Å². The number of hydrogen-bond acceptors (Lipinski definition) is 2. The van der Waals surface area contributed by atoms with Crippen LogP contribution >= 0.6 is 0 Å². The Labute approximate surface area is 86.5 Å². The SMILES string of the molecule is CCCCCC(N)c1ccoc1CC. The molecular weight excluding hydrogens is 174 g/mol. The Hall–Kier alpha value is -0.760. The van der Waals surface area contributed by atoms with Gasteiger partial charge in [0.1, 0.15) is 5.76 Å². The smallest absolute Gasteiger partial charge is 0.108 e. The third kappa shape index (κ3) is 2.88. The Morgan fingerprint density at radius 2 is 2.14 bits per heavy atom. The molecule has 1 unspecified atom stereocenters. The van der Waals surface area contributed by atoms with Gasteiger partial charge in [-0.25, -0.2) is 0 Å². The van der Waals surface area contributed by atoms with Gasteiger partial charge in [0.2, 0.25) is 0 Å². The Bertz CT molecular complexity index is 255. The molecule has 1 heterocycles. The number of nitrogens with two attached hydrogens (primary N) is 1. The van der Waals surface area contributed by atoms with E-state index in [0.29, 0.717) is 0 Å². The predicted molar refractivity (Wildman–Crippen MR) is 59.2 cm³/mol. The zero-order valence-electron chi connectivity index (χ0n) is 9.25. The summed E-state index contributed by atoms with van der Waals surface area (Å²) >= 11 is 0. The molecule has 1 atom stereocenters. The molecule has 0 spiro atoms. The van der Waals surface area contributed by atoms with Gasteiger partial charge in [-0.05, 0) is 12.5 Å². The third-order valence-electron chi connectivity index (χ3n) is 2.62. The molecule has 1 aromatic heterocycles. The standard InChI is InChI=1S/C12H21NO/c1-3-5-6-7-11(13)10-8-9-14-12(10)4-2/h8-9,11H,3-7,13H2,1-2H3. The van der Waals surface area contributed by atoms with Crippen molar-refractivity contribution < 1.29 is 4.42 Å². The monoisotopic (exact) mass is 195 g/mol. The topological polar surface area (TPSA) is 39.2 Å². The maximum atomic E-state index is 6.10. The summed E-state index contributed by atoms with van der Waals surface area (Å²) < 4.78 is 5.36. The fraction of sp³-hybridized carbons (Fsp3) is 0.667. The lowest BCUT2D eigenvalue weighted by molar-refractivity contribution is 0.498. The van der Waals surface area contributed by atoms with E-state index < -0.39 is 0 Å². The molecule has 80 valence electrons. The maximum Gasteiger partial charge on any atom is 0.108 e. The van der Waals surface area contributed by atoms with Crippen molar-refractivity contribution in [3.8, 4) is 0 Å². The van der Waals surface area contributed by atoms with Crippen LogP contribution in [0.5, 0.6) is 0 Å². The average molecular weight is 195 g/mol. The minimum atomic E-state index is 0.162. The van der Waals surface area contributed by atoms with Crippen LogP contribution in [0.2, 0.25) is 0 Å². The van der Waals surface area contributed by atoms with Crippen LogP contribution in [0.4, 0.5) is 0 Å². The van der Waals surface area contributed by atoms with E-state index >= 15 is 0 Å². The van der Waals surface area contributed by atoms with Crippen LogP contribution in [0.15, 0.2) is 16.7 Å². The van der Waals surface area contributed by atoms with Crippen molar-refractivity contribution in [2.75, 3.05) is 0 Å². The van der Waals surface area contributed by atoms with E-state index in [1.54, 1.807) is 6.26 Å². The molecule has 1 rings (SSSR count). The van der Waals surface area contributed by atoms with Gasteiger partial charge in [-0.15, -0.1) is 0 Å². The molecule has 2 nitrogen and oxygen atoms in total. The second-order valence-corrected chi connectivity index (χ2v) is 3.75. The summed E-state index contributed by atoms with van der Waals surface area (Å²) in [6.07, 6.45) is 7.48. The maximum absolute atomic E-state index is 6.10. The van der Waals surface area contributed by atoms with E-state index in [-0.39, 0.29) is 6.04 Å². The van der Waals surface area contributed by atoms with Gasteiger partial charge in [0.25, 0.3) is 0 Å². The molecule has 0 fully saturated rings. The molecule has 14 heavy (non-hydrogen) atoms. The van der Waals surface area contributed by atoms with Gasteiger partial charge in [-0.3, -0.25) is 0 Å². The van der Waals surface area contributed by atoms with E-state index in [9.17, 15) is 0 Å². The summed E-state index contributed by atoms with van der Waals surface area (Å²) in [7, 11) is 0. The Kier molecular flexibility index (Phi) is 4.74. The molecule has 0 amide bonds. The number of hydrogen-bond donors (Lipinski definition) is 1. The van der Waals surface area contributed by atoms with Gasteiger partial charge in [0, 0.05) is 18.0 Å². The van der Waals surface area contributed by atoms with Crippen molar-refractivity contribution in [1.29, 1.82) is 0 Å². The number of furan rings is 1. The van der Waals surface area contributed by atoms with E-state index in [1.165, 1.54) is 24.8 Å². The van der Waals surface area contributed by atoms with Crippen molar-refractivity contribution in [1.82, 2.24) is 0 Å². The lowest BCUT2D eigenvalue weighted by Gasteiger charge is -2.10. The van der Waals surface area contributed by atoms with Crippen LogP contribution in [0.1, 0.15) is 56.9 Å². The summed E-state index contributed by atoms with van der Waals surface area (Å²) in [6.45, 7) is 4.31. The molecule has 0 aliphatic carbocycles. The van der Waals surface area contributed by atoms with Crippen LogP contribution in [0.3, 0.4) is 0 Å². The van der Waals surface area contributed by atoms with Crippen molar-refractivity contribution in [3.05, 3.63) is 23.7 Å². The summed E-state index contributed by atoms with van der Waals surface area (Å²) in [5, 5.41) is 0. The van der Waals surface area contributed by atoms with Gasteiger partial charge in [-0.1, -0.05) is 33.1 Å². The molecule has 0 aliphatic heterocycles. The highest BCUT2D eigenvalue weighted by Gasteiger charge is 2.11. The van der Waals surface area contributed by atoms with Crippen LogP contribution in [0.25, 0.3) is 0 Å². The molecule has 2 N–H and O–H groups in total. The molecule has 0 aliphatic rings. The highest BCUT2D eigenvalue weighted by Crippen LogP contribution is 2.22. The van der Waals surface area contributed by atoms with Crippen molar-refractivity contribution in [2.24, 2.45) is 5.73 Å². The van der Waals surface area contributed by atoms with Crippen LogP contribution in [0, 0.1) is 0 Å². The van der Waals surface area contributed by atoms with Gasteiger partial charge in [0.15, 0.2) is 0 Å². The van der Waals surface area contributed by atoms with Gasteiger partial charge < -0.3 is 10.2 Å². The second kappa shape index (κ2) is 5.86. The summed E-state index contributed by atoms with van der Waals surface area (Å²) in [6, 6.07) is 2.17. The summed E-state index contributed by atoms with van der Waals surface area (Å²) in [5.74, 6) is 1.05. The van der Waals surface area contributed by atoms with E-state index in [4.69, 9.17) is 10.2 Å². The first-order chi connectivity index (χ1) is 6.79. The average Bonchev–Trinajstić information content (AvgIpc) is 2.65. The lowest BCUT2D eigenvalue weighted by Crippen LogP contribution is -2.10. The quantitative estimate of drug-likeness (QED) is 0.706. The van der Waals surface area contributed by atoms with E-state index in [0.717, 1.165) is 18.6 Å². The number of rotatable bonds is 6. The van der Waals surface area contributed by atoms with Crippen LogP contribution in [-0.2, 0) is 6.42 Å². The second-order valence-electron chi connectivity index (χ2n) is 3.75. The molecule has 0 saturated carbocycles. The van der Waals surface area contributed by atoms with Crippen molar-refractivity contribution in [3.63, 3.8) is 0 Å². The molecule has 0 bridgehead atoms. The Morgan fingerprint density at radius 1 is 1.36 bits per heavy atom. The first-order valence-electron chi connectivity index (χ1n) is 5.61. The predicted octanol–water partition coefficient (Wildman–Crippen LogP) is 3.42. The highest BCUT2D eigenvalue weighted by atomic mass is 16.3. The fourth-order valence-corrected chi connectivity index (χ4v) is 1.74. The third-order valence-corrected chi connectivity index (χ3v) is 2.62. The van der Waals surface area contributed by atoms with Crippen molar-refractivity contribution in [2.45, 2.75) is 52.0 Å². The van der Waals surface area contributed by atoms with E-state index in [2.05, 4.69) is 13.8 Å².